The minimum absolute atomic E-state index is 0.0410. The first kappa shape index (κ1) is 21.5. The van der Waals surface area contributed by atoms with Crippen LogP contribution in [-0.2, 0) is 9.59 Å². The Morgan fingerprint density at radius 2 is 1.66 bits per heavy atom. The lowest BCUT2D eigenvalue weighted by atomic mass is 10.2. The lowest BCUT2D eigenvalue weighted by molar-refractivity contribution is -0.131. The fourth-order valence-electron chi connectivity index (χ4n) is 3.22. The van der Waals surface area contributed by atoms with Gasteiger partial charge in [0, 0.05) is 53.9 Å². The van der Waals surface area contributed by atoms with Crippen molar-refractivity contribution in [2.75, 3.05) is 42.1 Å². The summed E-state index contributed by atoms with van der Waals surface area (Å²) >= 11 is 7.35. The molecule has 154 valence electrons. The maximum Gasteiger partial charge on any atom is 0.234 e. The van der Waals surface area contributed by atoms with E-state index in [2.05, 4.69) is 10.2 Å². The van der Waals surface area contributed by atoms with Gasteiger partial charge in [0.15, 0.2) is 0 Å². The molecule has 3 rings (SSSR count). The summed E-state index contributed by atoms with van der Waals surface area (Å²) in [5, 5.41) is 3.62. The standard InChI is InChI=1S/C22H26ClN3O2S/c1-2-3-22(28)26-14-12-25(13-15-26)19-8-6-18(7-9-19)24-21(27)16-29-20-10-4-17(23)5-11-20/h4-11H,2-3,12-16H2,1H3,(H,24,27). The number of thioether (sulfide) groups is 1. The number of nitrogens with one attached hydrogen (secondary N) is 1. The molecule has 0 saturated carbocycles. The molecule has 7 heteroatoms. The quantitative estimate of drug-likeness (QED) is 0.655. The van der Waals surface area contributed by atoms with Crippen LogP contribution in [0.3, 0.4) is 0 Å². The molecule has 1 N–H and O–H groups in total. The van der Waals surface area contributed by atoms with Crippen LogP contribution in [0.15, 0.2) is 53.4 Å². The Morgan fingerprint density at radius 1 is 1.00 bits per heavy atom. The van der Waals surface area contributed by atoms with Crippen LogP contribution in [0, 0.1) is 0 Å². The average molecular weight is 432 g/mol. The highest BCUT2D eigenvalue weighted by Crippen LogP contribution is 2.22. The second kappa shape index (κ2) is 10.6. The molecule has 1 aliphatic heterocycles. The third kappa shape index (κ3) is 6.41. The number of amides is 2. The van der Waals surface area contributed by atoms with E-state index in [1.54, 1.807) is 0 Å². The minimum Gasteiger partial charge on any atom is -0.368 e. The summed E-state index contributed by atoms with van der Waals surface area (Å²) in [6.07, 6.45) is 1.52. The van der Waals surface area contributed by atoms with E-state index in [1.807, 2.05) is 60.4 Å². The number of carbonyl (C=O) groups excluding carboxylic acids is 2. The summed E-state index contributed by atoms with van der Waals surface area (Å²) in [7, 11) is 0. The summed E-state index contributed by atoms with van der Waals surface area (Å²) in [5.41, 5.74) is 1.90. The van der Waals surface area contributed by atoms with Gasteiger partial charge in [0.05, 0.1) is 5.75 Å². The largest absolute Gasteiger partial charge is 0.368 e. The van der Waals surface area contributed by atoms with Gasteiger partial charge in [-0.2, -0.15) is 0 Å². The minimum atomic E-state index is -0.0410. The molecule has 2 aromatic rings. The van der Waals surface area contributed by atoms with Gasteiger partial charge in [-0.25, -0.2) is 0 Å². The molecular weight excluding hydrogens is 406 g/mol. The molecule has 2 amide bonds. The smallest absolute Gasteiger partial charge is 0.234 e. The Hall–Kier alpha value is -2.18. The van der Waals surface area contributed by atoms with E-state index in [4.69, 9.17) is 11.6 Å². The van der Waals surface area contributed by atoms with Crippen LogP contribution in [0.1, 0.15) is 19.8 Å². The molecule has 29 heavy (non-hydrogen) atoms. The zero-order valence-corrected chi connectivity index (χ0v) is 18.1. The van der Waals surface area contributed by atoms with E-state index >= 15 is 0 Å². The number of hydrogen-bond acceptors (Lipinski definition) is 4. The third-order valence-electron chi connectivity index (χ3n) is 4.80. The maximum atomic E-state index is 12.2. The summed E-state index contributed by atoms with van der Waals surface area (Å²) in [6, 6.07) is 15.3. The molecule has 0 atom stereocenters. The molecule has 5 nitrogen and oxygen atoms in total. The number of hydrogen-bond donors (Lipinski definition) is 1. The van der Waals surface area contributed by atoms with Gasteiger partial charge in [-0.15, -0.1) is 11.8 Å². The van der Waals surface area contributed by atoms with E-state index in [9.17, 15) is 9.59 Å². The highest BCUT2D eigenvalue weighted by molar-refractivity contribution is 8.00. The Labute approximate surface area is 181 Å². The highest BCUT2D eigenvalue weighted by atomic mass is 35.5. The van der Waals surface area contributed by atoms with Crippen LogP contribution in [0.5, 0.6) is 0 Å². The number of halogens is 1. The first-order chi connectivity index (χ1) is 14.0. The van der Waals surface area contributed by atoms with E-state index in [1.165, 1.54) is 11.8 Å². The molecule has 0 unspecified atom stereocenters. The molecule has 0 bridgehead atoms. The van der Waals surface area contributed by atoms with Crippen LogP contribution in [0.4, 0.5) is 11.4 Å². The number of carbonyl (C=O) groups is 2. The summed E-state index contributed by atoms with van der Waals surface area (Å²) in [5.74, 6) is 0.555. The van der Waals surface area contributed by atoms with Crippen molar-refractivity contribution in [3.05, 3.63) is 53.6 Å². The van der Waals surface area contributed by atoms with Crippen molar-refractivity contribution in [2.24, 2.45) is 0 Å². The summed E-state index contributed by atoms with van der Waals surface area (Å²) in [4.78, 5) is 29.4. The Bertz CT molecular complexity index is 819. The van der Waals surface area contributed by atoms with Gasteiger partial charge < -0.3 is 15.1 Å². The van der Waals surface area contributed by atoms with Crippen LogP contribution in [-0.4, -0.2) is 48.6 Å². The zero-order valence-electron chi connectivity index (χ0n) is 16.6. The predicted molar refractivity (Wildman–Crippen MR) is 121 cm³/mol. The lowest BCUT2D eigenvalue weighted by Crippen LogP contribution is -2.48. The second-order valence-electron chi connectivity index (χ2n) is 6.96. The van der Waals surface area contributed by atoms with Gasteiger partial charge in [-0.05, 0) is 55.0 Å². The first-order valence-corrected chi connectivity index (χ1v) is 11.2. The molecule has 0 radical (unpaired) electrons. The zero-order chi connectivity index (χ0) is 20.6. The fourth-order valence-corrected chi connectivity index (χ4v) is 4.04. The number of benzene rings is 2. The van der Waals surface area contributed by atoms with Crippen molar-refractivity contribution in [3.63, 3.8) is 0 Å². The Kier molecular flexibility index (Phi) is 7.83. The number of nitrogens with zero attached hydrogens (tertiary/aromatic N) is 2. The van der Waals surface area contributed by atoms with Gasteiger partial charge in [0.2, 0.25) is 11.8 Å². The van der Waals surface area contributed by atoms with Crippen molar-refractivity contribution in [1.29, 1.82) is 0 Å². The van der Waals surface area contributed by atoms with E-state index in [0.29, 0.717) is 17.2 Å². The monoisotopic (exact) mass is 431 g/mol. The van der Waals surface area contributed by atoms with E-state index in [-0.39, 0.29) is 11.8 Å². The van der Waals surface area contributed by atoms with Crippen LogP contribution in [0.2, 0.25) is 5.02 Å². The molecule has 1 fully saturated rings. The van der Waals surface area contributed by atoms with Crippen molar-refractivity contribution in [1.82, 2.24) is 4.90 Å². The second-order valence-corrected chi connectivity index (χ2v) is 8.44. The van der Waals surface area contributed by atoms with Crippen molar-refractivity contribution >= 4 is 46.6 Å². The maximum absolute atomic E-state index is 12.2. The number of anilines is 2. The summed E-state index contributed by atoms with van der Waals surface area (Å²) in [6.45, 7) is 5.22. The molecule has 0 aliphatic carbocycles. The molecule has 0 aromatic heterocycles. The Balaban J connectivity index is 1.45. The molecule has 1 saturated heterocycles. The summed E-state index contributed by atoms with van der Waals surface area (Å²) < 4.78 is 0. The predicted octanol–water partition coefficient (Wildman–Crippen LogP) is 4.52. The Morgan fingerprint density at radius 3 is 2.28 bits per heavy atom. The van der Waals surface area contributed by atoms with Crippen LogP contribution < -0.4 is 10.2 Å². The SMILES string of the molecule is CCCC(=O)N1CCN(c2ccc(NC(=O)CSc3ccc(Cl)cc3)cc2)CC1. The van der Waals surface area contributed by atoms with E-state index in [0.717, 1.165) is 48.9 Å². The molecule has 0 spiro atoms. The van der Waals surface area contributed by atoms with Crippen LogP contribution >= 0.6 is 23.4 Å². The van der Waals surface area contributed by atoms with Crippen molar-refractivity contribution in [2.45, 2.75) is 24.7 Å². The normalized spacial score (nSPS) is 14.0. The molecular formula is C22H26ClN3O2S. The average Bonchev–Trinajstić information content (AvgIpc) is 2.74. The topological polar surface area (TPSA) is 52.7 Å². The van der Waals surface area contributed by atoms with Gasteiger partial charge in [-0.1, -0.05) is 18.5 Å². The van der Waals surface area contributed by atoms with E-state index < -0.39 is 0 Å². The number of rotatable bonds is 7. The van der Waals surface area contributed by atoms with Gasteiger partial charge in [0.1, 0.15) is 0 Å². The molecule has 1 heterocycles. The van der Waals surface area contributed by atoms with Gasteiger partial charge in [0.25, 0.3) is 0 Å². The van der Waals surface area contributed by atoms with Crippen LogP contribution in [0.25, 0.3) is 0 Å². The molecule has 2 aromatic carbocycles. The first-order valence-electron chi connectivity index (χ1n) is 9.86. The fraction of sp³-hybridized carbons (Fsp3) is 0.364. The van der Waals surface area contributed by atoms with Gasteiger partial charge in [-0.3, -0.25) is 9.59 Å². The highest BCUT2D eigenvalue weighted by Gasteiger charge is 2.20. The number of piperazine rings is 1. The van der Waals surface area contributed by atoms with Crippen molar-refractivity contribution < 1.29 is 9.59 Å². The van der Waals surface area contributed by atoms with Gasteiger partial charge >= 0.3 is 0 Å². The van der Waals surface area contributed by atoms with Crippen molar-refractivity contribution in [3.8, 4) is 0 Å². The third-order valence-corrected chi connectivity index (χ3v) is 6.06. The lowest BCUT2D eigenvalue weighted by Gasteiger charge is -2.36. The molecule has 1 aliphatic rings.